The second-order valence-corrected chi connectivity index (χ2v) is 4.65. The van der Waals surface area contributed by atoms with Crippen LogP contribution in [-0.2, 0) is 4.79 Å². The van der Waals surface area contributed by atoms with Crippen LogP contribution in [0, 0.1) is 6.92 Å². The number of carbonyl (C=O) groups is 1. The maximum absolute atomic E-state index is 12.9. The molecule has 0 saturated carbocycles. The number of rotatable bonds is 2. The molecule has 1 aliphatic heterocycles. The molecule has 0 unspecified atom stereocenters. The molecular weight excluding hydrogens is 357 g/mol. The summed E-state index contributed by atoms with van der Waals surface area (Å²) in [5, 5.41) is 8.86. The van der Waals surface area contributed by atoms with Crippen LogP contribution in [0.25, 0.3) is 6.08 Å². The molecule has 1 aromatic rings. The molecule has 1 aliphatic rings. The first-order valence-electron chi connectivity index (χ1n) is 5.97. The molecule has 1 heterocycles. The van der Waals surface area contributed by atoms with Gasteiger partial charge in [0.1, 0.15) is 11.5 Å². The molecule has 2 rings (SSSR count). The molecule has 0 saturated heterocycles. The minimum Gasteiger partial charge on any atom is -0.478 e. The zero-order chi connectivity index (χ0) is 17.6. The summed E-state index contributed by atoms with van der Waals surface area (Å²) in [5.74, 6) is -2.94. The van der Waals surface area contributed by atoms with Crippen LogP contribution < -0.4 is 9.47 Å². The molecule has 0 bridgehead atoms. The fourth-order valence-corrected chi connectivity index (χ4v) is 2.07. The topological polar surface area (TPSA) is 55.8 Å². The number of hydrogen-bond donors (Lipinski definition) is 1. The van der Waals surface area contributed by atoms with Crippen molar-refractivity contribution in [2.75, 3.05) is 0 Å². The minimum atomic E-state index is -5.00. The van der Waals surface area contributed by atoms with Crippen LogP contribution in [0.5, 0.6) is 11.5 Å². The van der Waals surface area contributed by atoms with E-state index in [9.17, 15) is 31.1 Å². The van der Waals surface area contributed by atoms with Crippen molar-refractivity contribution >= 4 is 41.6 Å². The summed E-state index contributed by atoms with van der Waals surface area (Å²) < 4.78 is 83.6. The number of aryl methyl sites for hydroxylation is 1. The molecule has 24 heavy (non-hydrogen) atoms. The average molecular weight is 365 g/mol. The van der Waals surface area contributed by atoms with E-state index in [0.29, 0.717) is 6.08 Å². The van der Waals surface area contributed by atoms with Crippen molar-refractivity contribution in [1.29, 1.82) is 0 Å². The maximum atomic E-state index is 12.9. The predicted molar refractivity (Wildman–Crippen MR) is 69.7 cm³/mol. The molecular formula is C13H8F6NaO4. The van der Waals surface area contributed by atoms with E-state index in [-0.39, 0.29) is 46.4 Å². The van der Waals surface area contributed by atoms with Crippen molar-refractivity contribution in [1.82, 2.24) is 0 Å². The Labute approximate surface area is 153 Å². The van der Waals surface area contributed by atoms with E-state index in [4.69, 9.17) is 5.11 Å². The molecule has 0 fully saturated rings. The zero-order valence-corrected chi connectivity index (χ0v) is 14.2. The molecule has 0 amide bonds. The van der Waals surface area contributed by atoms with Crippen LogP contribution in [0.15, 0.2) is 17.7 Å². The smallest absolute Gasteiger partial charge is 0.478 e. The summed E-state index contributed by atoms with van der Waals surface area (Å²) >= 11 is 0. The van der Waals surface area contributed by atoms with Gasteiger partial charge in [0.25, 0.3) is 0 Å². The molecule has 1 atom stereocenters. The van der Waals surface area contributed by atoms with Gasteiger partial charge < -0.3 is 14.6 Å². The van der Waals surface area contributed by atoms with Crippen LogP contribution >= 0.6 is 0 Å². The van der Waals surface area contributed by atoms with Gasteiger partial charge in [-0.3, -0.25) is 0 Å². The number of hydrogen-bond acceptors (Lipinski definition) is 3. The fraction of sp³-hybridized carbons (Fsp3) is 0.308. The van der Waals surface area contributed by atoms with E-state index in [0.717, 1.165) is 12.1 Å². The quantitative estimate of drug-likeness (QED) is 0.646. The van der Waals surface area contributed by atoms with E-state index >= 15 is 0 Å². The average Bonchev–Trinajstić information content (AvgIpc) is 2.33. The number of ether oxygens (including phenoxy) is 2. The summed E-state index contributed by atoms with van der Waals surface area (Å²) in [6.45, 7) is 1.22. The van der Waals surface area contributed by atoms with Gasteiger partial charge in [0.05, 0.1) is 5.57 Å². The molecule has 0 spiro atoms. The summed E-state index contributed by atoms with van der Waals surface area (Å²) in [7, 11) is 0. The Morgan fingerprint density at radius 2 is 1.79 bits per heavy atom. The van der Waals surface area contributed by atoms with Gasteiger partial charge in [-0.15, -0.1) is 13.2 Å². The minimum absolute atomic E-state index is 0. The van der Waals surface area contributed by atoms with E-state index in [1.54, 1.807) is 0 Å². The first kappa shape index (κ1) is 20.7. The number of halogens is 6. The first-order valence-corrected chi connectivity index (χ1v) is 5.97. The summed E-state index contributed by atoms with van der Waals surface area (Å²) in [4.78, 5) is 11.0. The normalized spacial score (nSPS) is 17.1. The Balaban J connectivity index is 0.00000288. The Kier molecular flexibility index (Phi) is 5.89. The van der Waals surface area contributed by atoms with Gasteiger partial charge in [0.2, 0.25) is 6.10 Å². The molecule has 11 heteroatoms. The Morgan fingerprint density at radius 3 is 2.25 bits per heavy atom. The van der Waals surface area contributed by atoms with E-state index in [2.05, 4.69) is 9.47 Å². The molecule has 1 radical (unpaired) electrons. The number of fused-ring (bicyclic) bond motifs is 1. The van der Waals surface area contributed by atoms with Crippen LogP contribution in [0.1, 0.15) is 11.1 Å². The number of carboxylic acids is 1. The standard InChI is InChI=1S/C13H8F6O4.Na/c1-5-2-7(23-13(17,18)19)3-6-4-8(11(20)21)10(12(14,15)16)22-9(5)6;/h2-4,10H,1H3,(H,20,21);/t10-;/m0./s1. The van der Waals surface area contributed by atoms with Crippen LogP contribution in [0.2, 0.25) is 0 Å². The van der Waals surface area contributed by atoms with Crippen molar-refractivity contribution in [2.24, 2.45) is 0 Å². The Morgan fingerprint density at radius 1 is 1.21 bits per heavy atom. The monoisotopic (exact) mass is 365 g/mol. The van der Waals surface area contributed by atoms with Gasteiger partial charge in [0.15, 0.2) is 0 Å². The van der Waals surface area contributed by atoms with E-state index in [1.165, 1.54) is 6.92 Å². The Bertz CT molecular complexity index is 680. The second-order valence-electron chi connectivity index (χ2n) is 4.65. The Hall–Kier alpha value is -1.39. The molecule has 4 nitrogen and oxygen atoms in total. The van der Waals surface area contributed by atoms with Crippen LogP contribution in [-0.4, -0.2) is 59.3 Å². The van der Waals surface area contributed by atoms with Crippen LogP contribution in [0.4, 0.5) is 26.3 Å². The molecule has 0 aliphatic carbocycles. The van der Waals surface area contributed by atoms with Crippen LogP contribution in [0.3, 0.4) is 0 Å². The maximum Gasteiger partial charge on any atom is 0.573 e. The zero-order valence-electron chi connectivity index (χ0n) is 12.2. The van der Waals surface area contributed by atoms with Gasteiger partial charge in [-0.1, -0.05) is 0 Å². The van der Waals surface area contributed by atoms with Crippen molar-refractivity contribution in [3.63, 3.8) is 0 Å². The number of aliphatic carboxylic acids is 1. The molecule has 0 aromatic heterocycles. The largest absolute Gasteiger partial charge is 0.573 e. The summed E-state index contributed by atoms with van der Waals surface area (Å²) in [6, 6.07) is 1.60. The second kappa shape index (κ2) is 6.85. The molecule has 1 aromatic carbocycles. The number of carboxylic acid groups (broad SMARTS) is 1. The summed E-state index contributed by atoms with van der Waals surface area (Å²) in [6.07, 6.45) is -12.1. The fourth-order valence-electron chi connectivity index (χ4n) is 2.07. The number of benzene rings is 1. The SMILES string of the molecule is Cc1cc(OC(F)(F)F)cc2c1O[C@H](C(F)(F)F)C(C(=O)O)=C2.[Na]. The van der Waals surface area contributed by atoms with Crippen molar-refractivity contribution < 1.29 is 45.7 Å². The molecule has 1 N–H and O–H groups in total. The van der Waals surface area contributed by atoms with Crippen molar-refractivity contribution in [2.45, 2.75) is 25.6 Å². The predicted octanol–water partition coefficient (Wildman–Crippen LogP) is 3.30. The summed E-state index contributed by atoms with van der Waals surface area (Å²) in [5.41, 5.74) is -1.44. The third-order valence-corrected chi connectivity index (χ3v) is 2.88. The van der Waals surface area contributed by atoms with Gasteiger partial charge >= 0.3 is 18.5 Å². The molecule has 127 valence electrons. The van der Waals surface area contributed by atoms with Gasteiger partial charge in [-0.2, -0.15) is 13.2 Å². The number of alkyl halides is 6. The van der Waals surface area contributed by atoms with Crippen molar-refractivity contribution in [3.05, 3.63) is 28.8 Å². The first-order chi connectivity index (χ1) is 10.4. The van der Waals surface area contributed by atoms with Gasteiger partial charge in [-0.05, 0) is 30.7 Å². The van der Waals surface area contributed by atoms with Gasteiger partial charge in [0, 0.05) is 35.1 Å². The van der Waals surface area contributed by atoms with E-state index < -0.39 is 35.9 Å². The van der Waals surface area contributed by atoms with Crippen molar-refractivity contribution in [3.8, 4) is 11.5 Å². The van der Waals surface area contributed by atoms with E-state index in [1.807, 2.05) is 0 Å². The third-order valence-electron chi connectivity index (χ3n) is 2.88. The third kappa shape index (κ3) is 4.58. The van der Waals surface area contributed by atoms with Gasteiger partial charge in [-0.25, -0.2) is 4.79 Å².